The van der Waals surface area contributed by atoms with E-state index in [4.69, 9.17) is 5.11 Å². The van der Waals surface area contributed by atoms with Gasteiger partial charge in [-0.25, -0.2) is 9.18 Å². The molecule has 5 heteroatoms. The molecule has 0 radical (unpaired) electrons. The molecule has 0 aromatic heterocycles. The van der Waals surface area contributed by atoms with Gasteiger partial charge in [-0.05, 0) is 24.1 Å². The minimum Gasteiger partial charge on any atom is -0.480 e. The van der Waals surface area contributed by atoms with Crippen molar-refractivity contribution >= 4 is 11.9 Å². The third-order valence-corrected chi connectivity index (χ3v) is 2.85. The molecule has 0 aliphatic carbocycles. The number of carbonyl (C=O) groups excluding carboxylic acids is 1. The summed E-state index contributed by atoms with van der Waals surface area (Å²) in [5.41, 5.74) is 0.115. The minimum absolute atomic E-state index is 0.115. The van der Waals surface area contributed by atoms with Crippen molar-refractivity contribution in [2.75, 3.05) is 0 Å². The van der Waals surface area contributed by atoms with Crippen LogP contribution in [0.1, 0.15) is 30.6 Å². The molecular formula is C13H16FNO3. The molecule has 4 nitrogen and oxygen atoms in total. The normalized spacial score (nSPS) is 13.7. The average Bonchev–Trinajstić information content (AvgIpc) is 2.34. The predicted octanol–water partition coefficient (Wildman–Crippen LogP) is 2.05. The number of hydrogen-bond donors (Lipinski definition) is 2. The number of nitrogens with one attached hydrogen (secondary N) is 1. The van der Waals surface area contributed by atoms with Gasteiger partial charge in [0, 0.05) is 5.56 Å². The molecule has 0 aliphatic rings. The van der Waals surface area contributed by atoms with E-state index in [1.54, 1.807) is 6.92 Å². The summed E-state index contributed by atoms with van der Waals surface area (Å²) in [4.78, 5) is 22.8. The third-order valence-electron chi connectivity index (χ3n) is 2.85. The summed E-state index contributed by atoms with van der Waals surface area (Å²) in [6.07, 6.45) is 0.625. The molecule has 1 aromatic rings. The Bertz CT molecular complexity index is 448. The van der Waals surface area contributed by atoms with Gasteiger partial charge < -0.3 is 10.4 Å². The van der Waals surface area contributed by atoms with Crippen LogP contribution in [0.3, 0.4) is 0 Å². The molecule has 0 bridgehead atoms. The predicted molar refractivity (Wildman–Crippen MR) is 64.7 cm³/mol. The van der Waals surface area contributed by atoms with E-state index in [-0.39, 0.29) is 11.5 Å². The van der Waals surface area contributed by atoms with Gasteiger partial charge in [0.15, 0.2) is 0 Å². The van der Waals surface area contributed by atoms with E-state index in [2.05, 4.69) is 5.32 Å². The number of rotatable bonds is 5. The van der Waals surface area contributed by atoms with E-state index in [1.165, 1.54) is 18.2 Å². The Hall–Kier alpha value is -1.91. The molecule has 0 heterocycles. The summed E-state index contributed by atoms with van der Waals surface area (Å²) < 4.78 is 13.0. The number of aliphatic carboxylic acids is 1. The summed E-state index contributed by atoms with van der Waals surface area (Å²) in [6, 6.07) is 4.17. The summed E-state index contributed by atoms with van der Waals surface area (Å²) >= 11 is 0. The van der Waals surface area contributed by atoms with Gasteiger partial charge in [0.2, 0.25) is 0 Å². The maximum atomic E-state index is 13.0. The van der Waals surface area contributed by atoms with Crippen LogP contribution in [0.15, 0.2) is 24.3 Å². The molecule has 0 aliphatic heterocycles. The SMILES string of the molecule is CC[C@@H](C)[C@@H](NC(=O)c1cccc(F)c1)C(=O)O. The summed E-state index contributed by atoms with van der Waals surface area (Å²) in [5, 5.41) is 11.4. The van der Waals surface area contributed by atoms with Gasteiger partial charge in [0.25, 0.3) is 5.91 Å². The standard InChI is InChI=1S/C13H16FNO3/c1-3-8(2)11(13(17)18)15-12(16)9-5-4-6-10(14)7-9/h4-8,11H,3H2,1-2H3,(H,15,16)(H,17,18)/t8-,11-/m1/s1. The lowest BCUT2D eigenvalue weighted by molar-refractivity contribution is -0.140. The second kappa shape index (κ2) is 6.14. The van der Waals surface area contributed by atoms with Crippen LogP contribution in [0.2, 0.25) is 0 Å². The second-order valence-electron chi connectivity index (χ2n) is 4.19. The number of carboxylic acid groups (broad SMARTS) is 1. The fraction of sp³-hybridized carbons (Fsp3) is 0.385. The van der Waals surface area contributed by atoms with Crippen molar-refractivity contribution in [2.45, 2.75) is 26.3 Å². The van der Waals surface area contributed by atoms with E-state index in [0.717, 1.165) is 6.07 Å². The molecule has 0 saturated heterocycles. The Morgan fingerprint density at radius 1 is 1.44 bits per heavy atom. The van der Waals surface area contributed by atoms with Gasteiger partial charge in [0.05, 0.1) is 0 Å². The first-order chi connectivity index (χ1) is 8.45. The van der Waals surface area contributed by atoms with E-state index < -0.39 is 23.7 Å². The number of halogens is 1. The van der Waals surface area contributed by atoms with Crippen molar-refractivity contribution in [3.63, 3.8) is 0 Å². The van der Waals surface area contributed by atoms with Gasteiger partial charge >= 0.3 is 5.97 Å². The van der Waals surface area contributed by atoms with Gasteiger partial charge in [0.1, 0.15) is 11.9 Å². The maximum absolute atomic E-state index is 13.0. The monoisotopic (exact) mass is 253 g/mol. The van der Waals surface area contributed by atoms with Crippen LogP contribution >= 0.6 is 0 Å². The highest BCUT2D eigenvalue weighted by molar-refractivity contribution is 5.96. The van der Waals surface area contributed by atoms with Gasteiger partial charge in [-0.3, -0.25) is 4.79 Å². The zero-order chi connectivity index (χ0) is 13.7. The molecule has 0 unspecified atom stereocenters. The van der Waals surface area contributed by atoms with Crippen LogP contribution in [0.25, 0.3) is 0 Å². The summed E-state index contributed by atoms with van der Waals surface area (Å²) in [7, 11) is 0. The number of carbonyl (C=O) groups is 2. The molecular weight excluding hydrogens is 237 g/mol. The first-order valence-corrected chi connectivity index (χ1v) is 5.75. The number of benzene rings is 1. The Morgan fingerprint density at radius 3 is 2.61 bits per heavy atom. The maximum Gasteiger partial charge on any atom is 0.326 e. The van der Waals surface area contributed by atoms with E-state index in [0.29, 0.717) is 6.42 Å². The molecule has 18 heavy (non-hydrogen) atoms. The fourth-order valence-corrected chi connectivity index (χ4v) is 1.54. The third kappa shape index (κ3) is 3.55. The Kier molecular flexibility index (Phi) is 4.83. The molecule has 0 fully saturated rings. The van der Waals surface area contributed by atoms with Crippen molar-refractivity contribution in [3.05, 3.63) is 35.6 Å². The largest absolute Gasteiger partial charge is 0.480 e. The van der Waals surface area contributed by atoms with Crippen LogP contribution in [-0.2, 0) is 4.79 Å². The Labute approximate surface area is 105 Å². The van der Waals surface area contributed by atoms with Crippen LogP contribution in [0.4, 0.5) is 4.39 Å². The first-order valence-electron chi connectivity index (χ1n) is 5.75. The first kappa shape index (κ1) is 14.2. The lowest BCUT2D eigenvalue weighted by Gasteiger charge is -2.20. The van der Waals surface area contributed by atoms with E-state index in [1.807, 2.05) is 6.92 Å². The Balaban J connectivity index is 2.82. The number of carboxylic acids is 1. The van der Waals surface area contributed by atoms with Crippen molar-refractivity contribution < 1.29 is 19.1 Å². The molecule has 0 spiro atoms. The Morgan fingerprint density at radius 2 is 2.11 bits per heavy atom. The smallest absolute Gasteiger partial charge is 0.326 e. The second-order valence-corrected chi connectivity index (χ2v) is 4.19. The zero-order valence-electron chi connectivity index (χ0n) is 10.3. The van der Waals surface area contributed by atoms with Crippen LogP contribution in [-0.4, -0.2) is 23.0 Å². The number of amides is 1. The molecule has 98 valence electrons. The van der Waals surface area contributed by atoms with Gasteiger partial charge in [-0.1, -0.05) is 26.3 Å². The zero-order valence-corrected chi connectivity index (χ0v) is 10.3. The number of hydrogen-bond acceptors (Lipinski definition) is 2. The highest BCUT2D eigenvalue weighted by atomic mass is 19.1. The summed E-state index contributed by atoms with van der Waals surface area (Å²) in [5.74, 6) is -2.39. The lowest BCUT2D eigenvalue weighted by atomic mass is 9.99. The molecule has 2 atom stereocenters. The van der Waals surface area contributed by atoms with Crippen LogP contribution in [0.5, 0.6) is 0 Å². The van der Waals surface area contributed by atoms with Gasteiger partial charge in [-0.2, -0.15) is 0 Å². The van der Waals surface area contributed by atoms with E-state index >= 15 is 0 Å². The molecule has 1 aromatic carbocycles. The lowest BCUT2D eigenvalue weighted by Crippen LogP contribution is -2.45. The topological polar surface area (TPSA) is 66.4 Å². The quantitative estimate of drug-likeness (QED) is 0.844. The van der Waals surface area contributed by atoms with Crippen molar-refractivity contribution in [2.24, 2.45) is 5.92 Å². The highest BCUT2D eigenvalue weighted by Crippen LogP contribution is 2.10. The molecule has 1 rings (SSSR count). The average molecular weight is 253 g/mol. The highest BCUT2D eigenvalue weighted by Gasteiger charge is 2.25. The van der Waals surface area contributed by atoms with Crippen molar-refractivity contribution in [3.8, 4) is 0 Å². The van der Waals surface area contributed by atoms with Crippen molar-refractivity contribution in [1.82, 2.24) is 5.32 Å². The fourth-order valence-electron chi connectivity index (χ4n) is 1.54. The van der Waals surface area contributed by atoms with E-state index in [9.17, 15) is 14.0 Å². The van der Waals surface area contributed by atoms with Crippen molar-refractivity contribution in [1.29, 1.82) is 0 Å². The van der Waals surface area contributed by atoms with Crippen LogP contribution < -0.4 is 5.32 Å². The van der Waals surface area contributed by atoms with Gasteiger partial charge in [-0.15, -0.1) is 0 Å². The molecule has 2 N–H and O–H groups in total. The minimum atomic E-state index is -1.09. The van der Waals surface area contributed by atoms with Crippen LogP contribution in [0, 0.1) is 11.7 Å². The molecule has 0 saturated carbocycles. The molecule has 1 amide bonds. The summed E-state index contributed by atoms with van der Waals surface area (Å²) in [6.45, 7) is 3.58.